The lowest BCUT2D eigenvalue weighted by Crippen LogP contribution is -2.11. The van der Waals surface area contributed by atoms with Crippen LogP contribution >= 0.6 is 0 Å². The van der Waals surface area contributed by atoms with Crippen molar-refractivity contribution in [3.05, 3.63) is 60.3 Å². The molecule has 0 aliphatic rings. The van der Waals surface area contributed by atoms with Gasteiger partial charge in [0.05, 0.1) is 5.52 Å². The molecule has 0 unspecified atom stereocenters. The fourth-order valence-electron chi connectivity index (χ4n) is 2.67. The van der Waals surface area contributed by atoms with E-state index < -0.39 is 0 Å². The topological polar surface area (TPSA) is 15.8 Å². The third kappa shape index (κ3) is 2.06. The highest BCUT2D eigenvalue weighted by molar-refractivity contribution is 5.96. The van der Waals surface area contributed by atoms with E-state index in [0.29, 0.717) is 0 Å². The Morgan fingerprint density at radius 3 is 2.26 bits per heavy atom. The molecule has 0 atom stereocenters. The highest BCUT2D eigenvalue weighted by Gasteiger charge is 2.18. The number of rotatable bonds is 1. The first-order valence-corrected chi connectivity index (χ1v) is 6.73. The smallest absolute Gasteiger partial charge is 0.0536 e. The van der Waals surface area contributed by atoms with Gasteiger partial charge in [0.2, 0.25) is 0 Å². The summed E-state index contributed by atoms with van der Waals surface area (Å²) in [6.07, 6.45) is 2.03. The van der Waals surface area contributed by atoms with Crippen molar-refractivity contribution < 1.29 is 0 Å². The third-order valence-corrected chi connectivity index (χ3v) is 3.62. The standard InChI is InChI=1S/C18H19N/c1-18(2,3)16-10-9-14(13-7-5-4-6-8-13)17-15(16)11-12-19-17/h4-12,19H,1-3H3. The number of benzene rings is 2. The van der Waals surface area contributed by atoms with E-state index in [0.717, 1.165) is 0 Å². The molecule has 1 aromatic heterocycles. The molecule has 2 aromatic carbocycles. The van der Waals surface area contributed by atoms with E-state index in [2.05, 4.69) is 74.3 Å². The van der Waals surface area contributed by atoms with Crippen LogP contribution in [-0.4, -0.2) is 4.98 Å². The maximum absolute atomic E-state index is 3.40. The van der Waals surface area contributed by atoms with Gasteiger partial charge in [-0.2, -0.15) is 0 Å². The molecule has 3 rings (SSSR count). The van der Waals surface area contributed by atoms with Gasteiger partial charge >= 0.3 is 0 Å². The maximum atomic E-state index is 3.40. The summed E-state index contributed by atoms with van der Waals surface area (Å²) in [7, 11) is 0. The first kappa shape index (κ1) is 12.0. The van der Waals surface area contributed by atoms with Crippen molar-refractivity contribution >= 4 is 10.9 Å². The molecule has 1 heteroatoms. The largest absolute Gasteiger partial charge is 0.361 e. The summed E-state index contributed by atoms with van der Waals surface area (Å²) in [5, 5.41) is 1.33. The number of hydrogen-bond donors (Lipinski definition) is 1. The molecular formula is C18H19N. The predicted octanol–water partition coefficient (Wildman–Crippen LogP) is 5.13. The van der Waals surface area contributed by atoms with E-state index in [1.807, 2.05) is 6.20 Å². The molecule has 1 N–H and O–H groups in total. The Morgan fingerprint density at radius 2 is 1.58 bits per heavy atom. The van der Waals surface area contributed by atoms with E-state index in [1.54, 1.807) is 0 Å². The quantitative estimate of drug-likeness (QED) is 0.615. The van der Waals surface area contributed by atoms with E-state index in [-0.39, 0.29) is 5.41 Å². The normalized spacial score (nSPS) is 11.9. The number of aromatic nitrogens is 1. The van der Waals surface area contributed by atoms with Gasteiger partial charge in [-0.15, -0.1) is 0 Å². The zero-order chi connectivity index (χ0) is 13.5. The van der Waals surface area contributed by atoms with Crippen LogP contribution in [0.15, 0.2) is 54.7 Å². The summed E-state index contributed by atoms with van der Waals surface area (Å²) in [5.41, 5.74) is 5.32. The third-order valence-electron chi connectivity index (χ3n) is 3.62. The first-order chi connectivity index (χ1) is 9.07. The summed E-state index contributed by atoms with van der Waals surface area (Å²) in [6.45, 7) is 6.78. The Hall–Kier alpha value is -2.02. The van der Waals surface area contributed by atoms with Gasteiger partial charge in [0.1, 0.15) is 0 Å². The van der Waals surface area contributed by atoms with Crippen molar-refractivity contribution in [2.75, 3.05) is 0 Å². The highest BCUT2D eigenvalue weighted by atomic mass is 14.7. The number of H-pyrrole nitrogens is 1. The van der Waals surface area contributed by atoms with Crippen molar-refractivity contribution in [3.8, 4) is 11.1 Å². The van der Waals surface area contributed by atoms with Crippen LogP contribution in [0.5, 0.6) is 0 Å². The van der Waals surface area contributed by atoms with E-state index in [1.165, 1.54) is 27.6 Å². The molecule has 96 valence electrons. The Bertz CT molecular complexity index is 699. The average Bonchev–Trinajstić information content (AvgIpc) is 2.86. The fourth-order valence-corrected chi connectivity index (χ4v) is 2.67. The predicted molar refractivity (Wildman–Crippen MR) is 82.4 cm³/mol. The number of nitrogens with one attached hydrogen (secondary N) is 1. The molecule has 0 amide bonds. The summed E-state index contributed by atoms with van der Waals surface area (Å²) in [4.78, 5) is 3.40. The van der Waals surface area contributed by atoms with E-state index >= 15 is 0 Å². The van der Waals surface area contributed by atoms with Gasteiger partial charge in [0.15, 0.2) is 0 Å². The molecule has 1 heterocycles. The van der Waals surface area contributed by atoms with E-state index in [9.17, 15) is 0 Å². The van der Waals surface area contributed by atoms with Crippen molar-refractivity contribution in [3.63, 3.8) is 0 Å². The molecule has 0 saturated heterocycles. The van der Waals surface area contributed by atoms with Crippen LogP contribution < -0.4 is 0 Å². The lowest BCUT2D eigenvalue weighted by atomic mass is 9.83. The number of fused-ring (bicyclic) bond motifs is 1. The molecule has 0 aliphatic heterocycles. The lowest BCUT2D eigenvalue weighted by Gasteiger charge is -2.21. The van der Waals surface area contributed by atoms with Crippen molar-refractivity contribution in [1.29, 1.82) is 0 Å². The lowest BCUT2D eigenvalue weighted by molar-refractivity contribution is 0.596. The number of hydrogen-bond acceptors (Lipinski definition) is 0. The summed E-state index contributed by atoms with van der Waals surface area (Å²) in [6, 6.07) is 17.2. The van der Waals surface area contributed by atoms with Gasteiger partial charge in [0, 0.05) is 17.1 Å². The zero-order valence-electron chi connectivity index (χ0n) is 11.7. The van der Waals surface area contributed by atoms with Crippen LogP contribution in [0.4, 0.5) is 0 Å². The summed E-state index contributed by atoms with van der Waals surface area (Å²) in [5.74, 6) is 0. The molecule has 0 fully saturated rings. The van der Waals surface area contributed by atoms with Gasteiger partial charge < -0.3 is 4.98 Å². The van der Waals surface area contributed by atoms with Gasteiger partial charge in [-0.1, -0.05) is 63.2 Å². The minimum Gasteiger partial charge on any atom is -0.361 e. The van der Waals surface area contributed by atoms with Crippen molar-refractivity contribution in [1.82, 2.24) is 4.98 Å². The molecule has 0 aliphatic carbocycles. The monoisotopic (exact) mass is 249 g/mol. The molecule has 3 aromatic rings. The summed E-state index contributed by atoms with van der Waals surface area (Å²) >= 11 is 0. The molecular weight excluding hydrogens is 230 g/mol. The van der Waals surface area contributed by atoms with Crippen LogP contribution in [0.1, 0.15) is 26.3 Å². The van der Waals surface area contributed by atoms with Crippen LogP contribution in [0.3, 0.4) is 0 Å². The highest BCUT2D eigenvalue weighted by Crippen LogP contribution is 2.35. The number of aromatic amines is 1. The van der Waals surface area contributed by atoms with Gasteiger partial charge in [-0.05, 0) is 22.6 Å². The van der Waals surface area contributed by atoms with Crippen LogP contribution in [-0.2, 0) is 5.41 Å². The van der Waals surface area contributed by atoms with Crippen LogP contribution in [0, 0.1) is 0 Å². The molecule has 0 saturated carbocycles. The zero-order valence-corrected chi connectivity index (χ0v) is 11.7. The fraction of sp³-hybridized carbons (Fsp3) is 0.222. The van der Waals surface area contributed by atoms with Gasteiger partial charge in [-0.25, -0.2) is 0 Å². The maximum Gasteiger partial charge on any atom is 0.0536 e. The SMILES string of the molecule is CC(C)(C)c1ccc(-c2ccccc2)c2[nH]ccc12. The Labute approximate surface area is 114 Å². The van der Waals surface area contributed by atoms with Crippen molar-refractivity contribution in [2.24, 2.45) is 0 Å². The Kier molecular flexibility index (Phi) is 2.70. The molecule has 0 radical (unpaired) electrons. The van der Waals surface area contributed by atoms with E-state index in [4.69, 9.17) is 0 Å². The minimum absolute atomic E-state index is 0.162. The molecule has 0 spiro atoms. The van der Waals surface area contributed by atoms with Crippen LogP contribution in [0.2, 0.25) is 0 Å². The minimum atomic E-state index is 0.162. The van der Waals surface area contributed by atoms with Gasteiger partial charge in [-0.3, -0.25) is 0 Å². The summed E-state index contributed by atoms with van der Waals surface area (Å²) < 4.78 is 0. The average molecular weight is 249 g/mol. The Morgan fingerprint density at radius 1 is 0.842 bits per heavy atom. The Balaban J connectivity index is 2.28. The second kappa shape index (κ2) is 4.27. The van der Waals surface area contributed by atoms with Gasteiger partial charge in [0.25, 0.3) is 0 Å². The van der Waals surface area contributed by atoms with Crippen LogP contribution in [0.25, 0.3) is 22.0 Å². The molecule has 1 nitrogen and oxygen atoms in total. The first-order valence-electron chi connectivity index (χ1n) is 6.73. The second-order valence-electron chi connectivity index (χ2n) is 6.04. The van der Waals surface area contributed by atoms with Crippen molar-refractivity contribution in [2.45, 2.75) is 26.2 Å². The molecule has 19 heavy (non-hydrogen) atoms. The molecule has 0 bridgehead atoms. The second-order valence-corrected chi connectivity index (χ2v) is 6.04.